The van der Waals surface area contributed by atoms with E-state index in [0.29, 0.717) is 12.2 Å². The van der Waals surface area contributed by atoms with Gasteiger partial charge in [-0.1, -0.05) is 12.1 Å². The Hall–Kier alpha value is -2.60. The number of carbonyl (C=O) groups excluding carboxylic acids is 1. The van der Waals surface area contributed by atoms with Crippen LogP contribution in [0.15, 0.2) is 42.6 Å². The molecule has 6 nitrogen and oxygen atoms in total. The monoisotopic (exact) mass is 355 g/mol. The molecule has 1 aliphatic heterocycles. The van der Waals surface area contributed by atoms with Crippen LogP contribution >= 0.6 is 0 Å². The third-order valence-corrected chi connectivity index (χ3v) is 4.52. The Balaban J connectivity index is 1.61. The average Bonchev–Trinajstić information content (AvgIpc) is 2.69. The van der Waals surface area contributed by atoms with E-state index in [1.165, 1.54) is 5.56 Å². The first-order valence-corrected chi connectivity index (χ1v) is 8.93. The van der Waals surface area contributed by atoms with E-state index in [-0.39, 0.29) is 5.97 Å². The molecule has 1 aromatic carbocycles. The molecule has 0 unspecified atom stereocenters. The number of nitrogens with zero attached hydrogens (tertiary/aromatic N) is 3. The van der Waals surface area contributed by atoms with Crippen LogP contribution in [0.4, 0.5) is 5.82 Å². The van der Waals surface area contributed by atoms with Gasteiger partial charge in [0.05, 0.1) is 13.7 Å². The van der Waals surface area contributed by atoms with E-state index in [1.54, 1.807) is 25.4 Å². The van der Waals surface area contributed by atoms with Gasteiger partial charge < -0.3 is 14.4 Å². The molecule has 26 heavy (non-hydrogen) atoms. The number of pyridine rings is 1. The smallest absolute Gasteiger partial charge is 0.341 e. The highest BCUT2D eigenvalue weighted by molar-refractivity contribution is 5.94. The van der Waals surface area contributed by atoms with E-state index in [1.807, 2.05) is 19.1 Å². The highest BCUT2D eigenvalue weighted by Gasteiger charge is 2.23. The molecule has 0 saturated carbocycles. The second-order valence-corrected chi connectivity index (χ2v) is 6.21. The summed E-state index contributed by atoms with van der Waals surface area (Å²) >= 11 is 0. The number of methoxy groups -OCH3 is 1. The number of hydrogen-bond acceptors (Lipinski definition) is 6. The zero-order valence-corrected chi connectivity index (χ0v) is 15.4. The molecule has 0 aliphatic carbocycles. The van der Waals surface area contributed by atoms with Crippen molar-refractivity contribution in [3.05, 3.63) is 53.7 Å². The number of aromatic nitrogens is 1. The van der Waals surface area contributed by atoms with E-state index in [2.05, 4.69) is 26.9 Å². The predicted molar refractivity (Wildman–Crippen MR) is 101 cm³/mol. The molecule has 0 spiro atoms. The predicted octanol–water partition coefficient (Wildman–Crippen LogP) is 2.59. The summed E-state index contributed by atoms with van der Waals surface area (Å²) in [5, 5.41) is 0. The van der Waals surface area contributed by atoms with Gasteiger partial charge >= 0.3 is 5.97 Å². The number of piperazine rings is 1. The maximum atomic E-state index is 12.2. The molecule has 1 saturated heterocycles. The quantitative estimate of drug-likeness (QED) is 0.743. The Morgan fingerprint density at radius 3 is 2.50 bits per heavy atom. The maximum Gasteiger partial charge on any atom is 0.341 e. The Labute approximate surface area is 154 Å². The lowest BCUT2D eigenvalue weighted by atomic mass is 10.1. The summed E-state index contributed by atoms with van der Waals surface area (Å²) in [7, 11) is 1.68. The first-order valence-electron chi connectivity index (χ1n) is 8.93. The van der Waals surface area contributed by atoms with Gasteiger partial charge in [0.15, 0.2) is 0 Å². The largest absolute Gasteiger partial charge is 0.497 e. The highest BCUT2D eigenvalue weighted by Crippen LogP contribution is 2.21. The second-order valence-electron chi connectivity index (χ2n) is 6.21. The number of hydrogen-bond donors (Lipinski definition) is 0. The van der Waals surface area contributed by atoms with Gasteiger partial charge in [0.25, 0.3) is 0 Å². The first-order chi connectivity index (χ1) is 12.7. The van der Waals surface area contributed by atoms with Crippen molar-refractivity contribution in [3.63, 3.8) is 0 Å². The third kappa shape index (κ3) is 4.32. The molecule has 0 bridgehead atoms. The van der Waals surface area contributed by atoms with Crippen molar-refractivity contribution in [3.8, 4) is 5.75 Å². The third-order valence-electron chi connectivity index (χ3n) is 4.52. The molecule has 0 radical (unpaired) electrons. The lowest BCUT2D eigenvalue weighted by molar-refractivity contribution is 0.0526. The van der Waals surface area contributed by atoms with Gasteiger partial charge in [0, 0.05) is 38.9 Å². The van der Waals surface area contributed by atoms with E-state index >= 15 is 0 Å². The lowest BCUT2D eigenvalue weighted by Crippen LogP contribution is -2.46. The molecular formula is C20H25N3O3. The molecule has 0 amide bonds. The zero-order valence-electron chi connectivity index (χ0n) is 15.4. The Bertz CT molecular complexity index is 725. The summed E-state index contributed by atoms with van der Waals surface area (Å²) < 4.78 is 10.4. The van der Waals surface area contributed by atoms with Crippen LogP contribution < -0.4 is 9.64 Å². The molecule has 0 N–H and O–H groups in total. The number of benzene rings is 1. The number of carbonyl (C=O) groups is 1. The molecule has 0 atom stereocenters. The summed E-state index contributed by atoms with van der Waals surface area (Å²) in [6.45, 7) is 6.59. The van der Waals surface area contributed by atoms with Crippen molar-refractivity contribution in [1.29, 1.82) is 0 Å². The minimum Gasteiger partial charge on any atom is -0.497 e. The van der Waals surface area contributed by atoms with Crippen LogP contribution in [-0.4, -0.2) is 55.7 Å². The highest BCUT2D eigenvalue weighted by atomic mass is 16.5. The average molecular weight is 355 g/mol. The van der Waals surface area contributed by atoms with Crippen molar-refractivity contribution in [2.45, 2.75) is 13.5 Å². The van der Waals surface area contributed by atoms with Crippen molar-refractivity contribution < 1.29 is 14.3 Å². The van der Waals surface area contributed by atoms with Gasteiger partial charge in [-0.2, -0.15) is 0 Å². The molecule has 3 rings (SSSR count). The molecule has 2 heterocycles. The van der Waals surface area contributed by atoms with Gasteiger partial charge in [-0.25, -0.2) is 9.78 Å². The minimum absolute atomic E-state index is 0.309. The van der Waals surface area contributed by atoms with Gasteiger partial charge in [-0.3, -0.25) is 4.90 Å². The van der Waals surface area contributed by atoms with Gasteiger partial charge in [0.1, 0.15) is 17.1 Å². The summed E-state index contributed by atoms with van der Waals surface area (Å²) in [5.74, 6) is 1.28. The van der Waals surface area contributed by atoms with E-state index in [4.69, 9.17) is 9.47 Å². The molecule has 6 heteroatoms. The van der Waals surface area contributed by atoms with Gasteiger partial charge in [-0.05, 0) is 36.8 Å². The summed E-state index contributed by atoms with van der Waals surface area (Å²) in [6, 6.07) is 11.7. The fraction of sp³-hybridized carbons (Fsp3) is 0.400. The normalized spacial score (nSPS) is 14.9. The molecule has 138 valence electrons. The minimum atomic E-state index is -0.309. The fourth-order valence-electron chi connectivity index (χ4n) is 3.12. The molecule has 2 aromatic rings. The lowest BCUT2D eigenvalue weighted by Gasteiger charge is -2.36. The summed E-state index contributed by atoms with van der Waals surface area (Å²) in [5.41, 5.74) is 1.81. The standard InChI is InChI=1S/C20H25N3O3/c1-3-26-20(24)18-5-4-10-21-19(18)23-13-11-22(12-14-23)15-16-6-8-17(25-2)9-7-16/h4-10H,3,11-15H2,1-2H3. The van der Waals surface area contributed by atoms with Crippen molar-refractivity contribution in [2.24, 2.45) is 0 Å². The van der Waals surface area contributed by atoms with Crippen molar-refractivity contribution >= 4 is 11.8 Å². The zero-order chi connectivity index (χ0) is 18.4. The van der Waals surface area contributed by atoms with E-state index < -0.39 is 0 Å². The number of ether oxygens (including phenoxy) is 2. The van der Waals surface area contributed by atoms with E-state index in [0.717, 1.165) is 44.3 Å². The number of anilines is 1. The van der Waals surface area contributed by atoms with Gasteiger partial charge in [-0.15, -0.1) is 0 Å². The van der Waals surface area contributed by atoms with E-state index in [9.17, 15) is 4.79 Å². The molecule has 1 fully saturated rings. The number of esters is 1. The summed E-state index contributed by atoms with van der Waals surface area (Å²) in [4.78, 5) is 21.2. The summed E-state index contributed by atoms with van der Waals surface area (Å²) in [6.07, 6.45) is 1.72. The second kappa shape index (κ2) is 8.67. The number of rotatable bonds is 6. The van der Waals surface area contributed by atoms with Crippen LogP contribution in [-0.2, 0) is 11.3 Å². The fourth-order valence-corrected chi connectivity index (χ4v) is 3.12. The maximum absolute atomic E-state index is 12.2. The molecule has 1 aliphatic rings. The topological polar surface area (TPSA) is 54.9 Å². The van der Waals surface area contributed by atoms with Crippen molar-refractivity contribution in [2.75, 3.05) is 44.8 Å². The Kier molecular flexibility index (Phi) is 6.07. The SMILES string of the molecule is CCOC(=O)c1cccnc1N1CCN(Cc2ccc(OC)cc2)CC1. The van der Waals surface area contributed by atoms with Crippen LogP contribution in [0.2, 0.25) is 0 Å². The van der Waals surface area contributed by atoms with Crippen LogP contribution in [0.1, 0.15) is 22.8 Å². The van der Waals surface area contributed by atoms with Crippen molar-refractivity contribution in [1.82, 2.24) is 9.88 Å². The Morgan fingerprint density at radius 2 is 1.85 bits per heavy atom. The Morgan fingerprint density at radius 1 is 1.12 bits per heavy atom. The first kappa shape index (κ1) is 18.2. The van der Waals surface area contributed by atoms with Crippen LogP contribution in [0.25, 0.3) is 0 Å². The van der Waals surface area contributed by atoms with Crippen LogP contribution in [0.3, 0.4) is 0 Å². The molecular weight excluding hydrogens is 330 g/mol. The molecule has 1 aromatic heterocycles. The van der Waals surface area contributed by atoms with Crippen LogP contribution in [0.5, 0.6) is 5.75 Å². The van der Waals surface area contributed by atoms with Gasteiger partial charge in [0.2, 0.25) is 0 Å². The van der Waals surface area contributed by atoms with Crippen LogP contribution in [0, 0.1) is 0 Å².